The van der Waals surface area contributed by atoms with Crippen molar-refractivity contribution >= 4 is 29.3 Å². The summed E-state index contributed by atoms with van der Waals surface area (Å²) in [5.74, 6) is -0.0541. The van der Waals surface area contributed by atoms with Crippen molar-refractivity contribution in [2.24, 2.45) is 0 Å². The maximum Gasteiger partial charge on any atom is 0.407 e. The highest BCUT2D eigenvalue weighted by atomic mass is 35.5. The summed E-state index contributed by atoms with van der Waals surface area (Å²) in [7, 11) is 0. The summed E-state index contributed by atoms with van der Waals surface area (Å²) in [5, 5.41) is 23.7. The number of alkyl carbamates (subject to hydrolysis) is 1. The number of amides is 1. The van der Waals surface area contributed by atoms with Gasteiger partial charge in [-0.05, 0) is 34.4 Å². The number of hydrogen-bond donors (Lipinski definition) is 3. The molecule has 0 heterocycles. The van der Waals surface area contributed by atoms with E-state index in [1.54, 1.807) is 6.07 Å². The minimum absolute atomic E-state index is 0.0541. The minimum Gasteiger partial charge on any atom is -0.449 e. The molecule has 1 aliphatic rings. The van der Waals surface area contributed by atoms with Gasteiger partial charge in [0.15, 0.2) is 0 Å². The second-order valence-corrected chi connectivity index (χ2v) is 8.23. The number of benzene rings is 3. The number of aliphatic hydroxyl groups is 2. The van der Waals surface area contributed by atoms with Crippen LogP contribution in [-0.4, -0.2) is 35.6 Å². The summed E-state index contributed by atoms with van der Waals surface area (Å²) in [5.41, 5.74) is 4.84. The molecule has 0 aliphatic heterocycles. The second kappa shape index (κ2) is 9.28. The number of nitrogens with one attached hydrogen (secondary N) is 1. The van der Waals surface area contributed by atoms with Gasteiger partial charge in [-0.1, -0.05) is 77.8 Å². The molecule has 3 N–H and O–H groups in total. The minimum atomic E-state index is -1.28. The molecule has 0 bridgehead atoms. The fraction of sp³-hybridized carbons (Fsp3) is 0.208. The highest BCUT2D eigenvalue weighted by molar-refractivity contribution is 6.35. The number of halogens is 2. The zero-order valence-electron chi connectivity index (χ0n) is 16.5. The predicted molar refractivity (Wildman–Crippen MR) is 121 cm³/mol. The molecule has 2 unspecified atom stereocenters. The largest absolute Gasteiger partial charge is 0.449 e. The van der Waals surface area contributed by atoms with Crippen LogP contribution in [0, 0.1) is 0 Å². The van der Waals surface area contributed by atoms with Gasteiger partial charge in [-0.25, -0.2) is 4.79 Å². The molecule has 0 radical (unpaired) electrons. The molecular formula is C24H21Cl2NO4. The van der Waals surface area contributed by atoms with Gasteiger partial charge >= 0.3 is 6.09 Å². The fourth-order valence-electron chi connectivity index (χ4n) is 3.90. The Morgan fingerprint density at radius 1 is 0.968 bits per heavy atom. The zero-order chi connectivity index (χ0) is 22.0. The predicted octanol–water partition coefficient (Wildman–Crippen LogP) is 4.93. The Hall–Kier alpha value is -2.57. The van der Waals surface area contributed by atoms with Crippen molar-refractivity contribution in [1.29, 1.82) is 0 Å². The van der Waals surface area contributed by atoms with Gasteiger partial charge < -0.3 is 20.3 Å². The first-order valence-electron chi connectivity index (χ1n) is 9.85. The number of aliphatic hydroxyl groups excluding tert-OH is 2. The Balaban J connectivity index is 1.35. The molecule has 4 rings (SSSR count). The van der Waals surface area contributed by atoms with E-state index in [2.05, 4.69) is 17.4 Å². The average Bonchev–Trinajstić information content (AvgIpc) is 3.09. The van der Waals surface area contributed by atoms with E-state index in [9.17, 15) is 15.0 Å². The van der Waals surface area contributed by atoms with Gasteiger partial charge in [0.25, 0.3) is 0 Å². The lowest BCUT2D eigenvalue weighted by atomic mass is 9.98. The fourth-order valence-corrected chi connectivity index (χ4v) is 4.42. The van der Waals surface area contributed by atoms with E-state index >= 15 is 0 Å². The van der Waals surface area contributed by atoms with Crippen molar-refractivity contribution < 1.29 is 19.7 Å². The molecule has 1 amide bonds. The maximum absolute atomic E-state index is 12.2. The number of rotatable bonds is 6. The van der Waals surface area contributed by atoms with Crippen molar-refractivity contribution in [3.63, 3.8) is 0 Å². The van der Waals surface area contributed by atoms with Crippen LogP contribution in [0.2, 0.25) is 10.0 Å². The van der Waals surface area contributed by atoms with Crippen LogP contribution in [0.1, 0.15) is 28.7 Å². The van der Waals surface area contributed by atoms with E-state index in [-0.39, 0.29) is 24.1 Å². The van der Waals surface area contributed by atoms with Crippen LogP contribution >= 0.6 is 23.2 Å². The van der Waals surface area contributed by atoms with Gasteiger partial charge in [-0.15, -0.1) is 0 Å². The summed E-state index contributed by atoms with van der Waals surface area (Å²) < 4.78 is 5.43. The topological polar surface area (TPSA) is 78.8 Å². The first kappa shape index (κ1) is 21.7. The Morgan fingerprint density at radius 2 is 1.58 bits per heavy atom. The normalized spacial score (nSPS) is 14.5. The number of ether oxygens (including phenoxy) is 1. The van der Waals surface area contributed by atoms with Crippen LogP contribution in [-0.2, 0) is 4.74 Å². The van der Waals surface area contributed by atoms with Gasteiger partial charge in [-0.2, -0.15) is 0 Å². The lowest BCUT2D eigenvalue weighted by Crippen LogP contribution is -2.36. The Kier molecular flexibility index (Phi) is 6.49. The van der Waals surface area contributed by atoms with E-state index < -0.39 is 18.3 Å². The van der Waals surface area contributed by atoms with E-state index in [4.69, 9.17) is 27.9 Å². The van der Waals surface area contributed by atoms with E-state index in [1.807, 2.05) is 36.4 Å². The molecule has 0 fully saturated rings. The number of fused-ring (bicyclic) bond motifs is 3. The van der Waals surface area contributed by atoms with Crippen molar-refractivity contribution in [1.82, 2.24) is 5.32 Å². The molecule has 0 aromatic heterocycles. The molecular weight excluding hydrogens is 437 g/mol. The third-order valence-electron chi connectivity index (χ3n) is 5.44. The monoisotopic (exact) mass is 457 g/mol. The van der Waals surface area contributed by atoms with Gasteiger partial charge in [-0.3, -0.25) is 0 Å². The Labute approximate surface area is 190 Å². The van der Waals surface area contributed by atoms with Crippen LogP contribution in [0.25, 0.3) is 11.1 Å². The smallest absolute Gasteiger partial charge is 0.407 e. The summed E-state index contributed by atoms with van der Waals surface area (Å²) in [6.45, 7) is -0.0294. The summed E-state index contributed by atoms with van der Waals surface area (Å²) in [6.07, 6.45) is -3.21. The van der Waals surface area contributed by atoms with Crippen molar-refractivity contribution in [2.75, 3.05) is 13.2 Å². The van der Waals surface area contributed by atoms with Crippen LogP contribution < -0.4 is 5.32 Å². The molecule has 7 heteroatoms. The molecule has 0 saturated carbocycles. The molecule has 0 saturated heterocycles. The first-order valence-corrected chi connectivity index (χ1v) is 10.6. The molecule has 3 aromatic carbocycles. The standard InChI is InChI=1S/C24H21Cl2NO4/c25-14-9-10-19(21(26)11-14)23(29)22(28)12-27-24(30)31-13-20-17-7-3-1-5-15(17)16-6-2-4-8-18(16)20/h1-11,20,22-23,28-29H,12-13H2,(H,27,30). The quantitative estimate of drug-likeness (QED) is 0.490. The number of hydrogen-bond acceptors (Lipinski definition) is 4. The first-order chi connectivity index (χ1) is 15.0. The molecule has 5 nitrogen and oxygen atoms in total. The summed E-state index contributed by atoms with van der Waals surface area (Å²) in [6, 6.07) is 20.7. The van der Waals surface area contributed by atoms with Crippen LogP contribution in [0.3, 0.4) is 0 Å². The van der Waals surface area contributed by atoms with Gasteiger partial charge in [0, 0.05) is 28.1 Å². The molecule has 2 atom stereocenters. The van der Waals surface area contributed by atoms with Crippen molar-refractivity contribution in [3.05, 3.63) is 93.5 Å². The lowest BCUT2D eigenvalue weighted by molar-refractivity contribution is 0.0186. The number of carbonyl (C=O) groups excluding carboxylic acids is 1. The molecule has 3 aromatic rings. The van der Waals surface area contributed by atoms with Crippen LogP contribution in [0.5, 0.6) is 0 Å². The van der Waals surface area contributed by atoms with Crippen LogP contribution in [0.15, 0.2) is 66.7 Å². The highest BCUT2D eigenvalue weighted by Crippen LogP contribution is 2.44. The van der Waals surface area contributed by atoms with Crippen molar-refractivity contribution in [2.45, 2.75) is 18.1 Å². The van der Waals surface area contributed by atoms with E-state index in [1.165, 1.54) is 12.1 Å². The van der Waals surface area contributed by atoms with Crippen molar-refractivity contribution in [3.8, 4) is 11.1 Å². The lowest BCUT2D eigenvalue weighted by Gasteiger charge is -2.20. The third-order valence-corrected chi connectivity index (χ3v) is 6.01. The maximum atomic E-state index is 12.2. The SMILES string of the molecule is O=C(NCC(O)C(O)c1ccc(Cl)cc1Cl)OCC1c2ccccc2-c2ccccc21. The van der Waals surface area contributed by atoms with Gasteiger partial charge in [0.2, 0.25) is 0 Å². The summed E-state index contributed by atoms with van der Waals surface area (Å²) in [4.78, 5) is 12.2. The molecule has 1 aliphatic carbocycles. The Bertz CT molecular complexity index is 1060. The summed E-state index contributed by atoms with van der Waals surface area (Å²) >= 11 is 11.9. The number of carbonyl (C=O) groups is 1. The van der Waals surface area contributed by atoms with Gasteiger partial charge in [0.1, 0.15) is 18.8 Å². The second-order valence-electron chi connectivity index (χ2n) is 7.38. The average molecular weight is 458 g/mol. The molecule has 160 valence electrons. The molecule has 31 heavy (non-hydrogen) atoms. The van der Waals surface area contributed by atoms with E-state index in [0.717, 1.165) is 22.3 Å². The third kappa shape index (κ3) is 4.55. The zero-order valence-corrected chi connectivity index (χ0v) is 18.0. The highest BCUT2D eigenvalue weighted by Gasteiger charge is 2.29. The van der Waals surface area contributed by atoms with E-state index in [0.29, 0.717) is 10.6 Å². The Morgan fingerprint density at radius 3 is 2.19 bits per heavy atom. The van der Waals surface area contributed by atoms with Gasteiger partial charge in [0.05, 0.1) is 0 Å². The van der Waals surface area contributed by atoms with Crippen LogP contribution in [0.4, 0.5) is 4.79 Å². The molecule has 0 spiro atoms.